The van der Waals surface area contributed by atoms with E-state index in [1.165, 1.54) is 23.1 Å². The Morgan fingerprint density at radius 2 is 1.86 bits per heavy atom. The van der Waals surface area contributed by atoms with E-state index in [4.69, 9.17) is 16.3 Å². The predicted octanol–water partition coefficient (Wildman–Crippen LogP) is 6.25. The lowest BCUT2D eigenvalue weighted by Crippen LogP contribution is -2.16. The van der Waals surface area contributed by atoms with Crippen LogP contribution in [0, 0.1) is 0 Å². The number of halogens is 1. The number of aromatic nitrogens is 3. The minimum absolute atomic E-state index is 0.106. The van der Waals surface area contributed by atoms with Crippen LogP contribution in [0.5, 0.6) is 0 Å². The van der Waals surface area contributed by atoms with Crippen molar-refractivity contribution in [3.8, 4) is 22.5 Å². The Bertz CT molecular complexity index is 1340. The number of carbonyl (C=O) groups is 2. The summed E-state index contributed by atoms with van der Waals surface area (Å²) >= 11 is 8.70. The summed E-state index contributed by atoms with van der Waals surface area (Å²) in [6.45, 7) is 4.62. The van der Waals surface area contributed by atoms with Crippen LogP contribution in [-0.2, 0) is 16.1 Å². The molecule has 180 valence electrons. The van der Waals surface area contributed by atoms with Crippen LogP contribution in [-0.4, -0.2) is 39.0 Å². The molecule has 0 spiro atoms. The van der Waals surface area contributed by atoms with E-state index >= 15 is 0 Å². The molecule has 0 fully saturated rings. The van der Waals surface area contributed by atoms with Crippen molar-refractivity contribution in [3.63, 3.8) is 0 Å². The molecule has 2 aromatic heterocycles. The third-order valence-corrected chi connectivity index (χ3v) is 7.15. The molecule has 0 bridgehead atoms. The lowest BCUT2D eigenvalue weighted by molar-refractivity contribution is -0.113. The number of hydrogen-bond acceptors (Lipinski definition) is 7. The van der Waals surface area contributed by atoms with Crippen molar-refractivity contribution in [1.29, 1.82) is 0 Å². The van der Waals surface area contributed by atoms with Crippen molar-refractivity contribution >= 4 is 51.6 Å². The van der Waals surface area contributed by atoms with Crippen LogP contribution < -0.4 is 5.32 Å². The second-order valence-electron chi connectivity index (χ2n) is 7.34. The second-order valence-corrected chi connectivity index (χ2v) is 9.60. The lowest BCUT2D eigenvalue weighted by atomic mass is 10.0. The van der Waals surface area contributed by atoms with Gasteiger partial charge in [0.25, 0.3) is 0 Å². The van der Waals surface area contributed by atoms with Crippen molar-refractivity contribution in [2.45, 2.75) is 25.5 Å². The lowest BCUT2D eigenvalue weighted by Gasteiger charge is -2.09. The predicted molar refractivity (Wildman–Crippen MR) is 141 cm³/mol. The van der Waals surface area contributed by atoms with E-state index in [9.17, 15) is 9.59 Å². The highest BCUT2D eigenvalue weighted by Gasteiger charge is 2.23. The molecular formula is C25H23ClN4O3S2. The summed E-state index contributed by atoms with van der Waals surface area (Å²) in [7, 11) is 0. The van der Waals surface area contributed by atoms with Gasteiger partial charge in [0.2, 0.25) is 5.91 Å². The molecule has 0 aliphatic carbocycles. The number of amides is 1. The largest absolute Gasteiger partial charge is 0.462 e. The van der Waals surface area contributed by atoms with Gasteiger partial charge in [0, 0.05) is 28.1 Å². The molecule has 2 heterocycles. The number of esters is 1. The standard InChI is InChI=1S/C25H23ClN4O3S2/c1-3-30-22(17-11-8-12-18(26)13-17)28-29-25(30)35-15-20(31)27-23-21(24(32)33-4-2)19(14-34-23)16-9-6-5-7-10-16/h5-14H,3-4,15H2,1-2H3,(H,27,31). The minimum Gasteiger partial charge on any atom is -0.462 e. The first-order chi connectivity index (χ1) is 17.0. The number of carbonyl (C=O) groups excluding carboxylic acids is 2. The van der Waals surface area contributed by atoms with E-state index in [0.29, 0.717) is 33.1 Å². The van der Waals surface area contributed by atoms with Crippen LogP contribution in [0.4, 0.5) is 5.00 Å². The summed E-state index contributed by atoms with van der Waals surface area (Å²) < 4.78 is 7.20. The Labute approximate surface area is 216 Å². The zero-order chi connectivity index (χ0) is 24.8. The topological polar surface area (TPSA) is 86.1 Å². The molecule has 0 saturated carbocycles. The van der Waals surface area contributed by atoms with E-state index in [0.717, 1.165) is 16.7 Å². The molecule has 0 aliphatic heterocycles. The Morgan fingerprint density at radius 3 is 2.57 bits per heavy atom. The fourth-order valence-corrected chi connectivity index (χ4v) is 5.47. The van der Waals surface area contributed by atoms with Crippen LogP contribution in [0.3, 0.4) is 0 Å². The number of hydrogen-bond donors (Lipinski definition) is 1. The van der Waals surface area contributed by atoms with Gasteiger partial charge in [-0.1, -0.05) is 65.8 Å². The third kappa shape index (κ3) is 5.75. The van der Waals surface area contributed by atoms with Gasteiger partial charge in [0.05, 0.1) is 12.4 Å². The van der Waals surface area contributed by atoms with Crippen LogP contribution >= 0.6 is 34.7 Å². The molecular weight excluding hydrogens is 504 g/mol. The van der Waals surface area contributed by atoms with Crippen molar-refractivity contribution in [1.82, 2.24) is 14.8 Å². The average Bonchev–Trinajstić information content (AvgIpc) is 3.47. The Hall–Kier alpha value is -3.14. The van der Waals surface area contributed by atoms with E-state index < -0.39 is 5.97 Å². The van der Waals surface area contributed by atoms with Gasteiger partial charge < -0.3 is 14.6 Å². The average molecular weight is 527 g/mol. The first-order valence-corrected chi connectivity index (χ1v) is 13.2. The minimum atomic E-state index is -0.465. The van der Waals surface area contributed by atoms with Gasteiger partial charge in [-0.3, -0.25) is 4.79 Å². The number of rotatable bonds is 9. The highest BCUT2D eigenvalue weighted by Crippen LogP contribution is 2.36. The van der Waals surface area contributed by atoms with Gasteiger partial charge in [-0.15, -0.1) is 21.5 Å². The maximum Gasteiger partial charge on any atom is 0.341 e. The highest BCUT2D eigenvalue weighted by atomic mass is 35.5. The number of anilines is 1. The van der Waals surface area contributed by atoms with E-state index in [2.05, 4.69) is 15.5 Å². The molecule has 7 nitrogen and oxygen atoms in total. The van der Waals surface area contributed by atoms with Gasteiger partial charge in [-0.2, -0.15) is 0 Å². The summed E-state index contributed by atoms with van der Waals surface area (Å²) in [5.41, 5.74) is 2.83. The van der Waals surface area contributed by atoms with Crippen LogP contribution in [0.2, 0.25) is 5.02 Å². The fourth-order valence-electron chi connectivity index (χ4n) is 3.50. The molecule has 1 N–H and O–H groups in total. The van der Waals surface area contributed by atoms with Crippen molar-refractivity contribution in [3.05, 3.63) is 70.6 Å². The number of benzene rings is 2. The third-order valence-electron chi connectivity index (χ3n) is 5.06. The molecule has 1 amide bonds. The summed E-state index contributed by atoms with van der Waals surface area (Å²) in [5.74, 6) is 0.0757. The summed E-state index contributed by atoms with van der Waals surface area (Å²) in [6, 6.07) is 17.0. The van der Waals surface area contributed by atoms with Gasteiger partial charge in [-0.05, 0) is 31.5 Å². The Balaban J connectivity index is 1.51. The molecule has 4 aromatic rings. The maximum atomic E-state index is 12.8. The summed E-state index contributed by atoms with van der Waals surface area (Å²) in [6.07, 6.45) is 0. The van der Waals surface area contributed by atoms with Gasteiger partial charge >= 0.3 is 5.97 Å². The summed E-state index contributed by atoms with van der Waals surface area (Å²) in [4.78, 5) is 25.6. The van der Waals surface area contributed by atoms with Crippen LogP contribution in [0.15, 0.2) is 65.1 Å². The first-order valence-electron chi connectivity index (χ1n) is 11.0. The van der Waals surface area contributed by atoms with E-state index in [-0.39, 0.29) is 18.3 Å². The molecule has 0 aliphatic rings. The summed E-state index contributed by atoms with van der Waals surface area (Å²) in [5, 5.41) is 15.0. The monoisotopic (exact) mass is 526 g/mol. The number of thioether (sulfide) groups is 1. The molecule has 2 aromatic carbocycles. The maximum absolute atomic E-state index is 12.8. The molecule has 0 radical (unpaired) electrons. The molecule has 0 saturated heterocycles. The first kappa shape index (κ1) is 25.0. The Kier molecular flexibility index (Phi) is 8.22. The van der Waals surface area contributed by atoms with Crippen LogP contribution in [0.1, 0.15) is 24.2 Å². The molecule has 35 heavy (non-hydrogen) atoms. The zero-order valence-corrected chi connectivity index (χ0v) is 21.5. The van der Waals surface area contributed by atoms with Gasteiger partial charge in [0.1, 0.15) is 10.6 Å². The smallest absolute Gasteiger partial charge is 0.341 e. The van der Waals surface area contributed by atoms with Crippen molar-refractivity contribution in [2.24, 2.45) is 0 Å². The highest BCUT2D eigenvalue weighted by molar-refractivity contribution is 7.99. The number of thiophene rings is 1. The fraction of sp³-hybridized carbons (Fsp3) is 0.200. The molecule has 0 unspecified atom stereocenters. The Morgan fingerprint density at radius 1 is 1.09 bits per heavy atom. The molecule has 0 atom stereocenters. The van der Waals surface area contributed by atoms with E-state index in [1.54, 1.807) is 13.0 Å². The number of nitrogens with one attached hydrogen (secondary N) is 1. The quantitative estimate of drug-likeness (QED) is 0.205. The van der Waals surface area contributed by atoms with Crippen molar-refractivity contribution < 1.29 is 14.3 Å². The SMILES string of the molecule is CCOC(=O)c1c(-c2ccccc2)csc1NC(=O)CSc1nnc(-c2cccc(Cl)c2)n1CC. The number of nitrogens with zero attached hydrogens (tertiary/aromatic N) is 3. The normalized spacial score (nSPS) is 10.8. The van der Waals surface area contributed by atoms with Crippen molar-refractivity contribution in [2.75, 3.05) is 17.7 Å². The van der Waals surface area contributed by atoms with Crippen LogP contribution in [0.25, 0.3) is 22.5 Å². The molecule has 4 rings (SSSR count). The van der Waals surface area contributed by atoms with Gasteiger partial charge in [-0.25, -0.2) is 4.79 Å². The zero-order valence-electron chi connectivity index (χ0n) is 19.2. The molecule has 10 heteroatoms. The number of ether oxygens (including phenoxy) is 1. The van der Waals surface area contributed by atoms with Gasteiger partial charge in [0.15, 0.2) is 11.0 Å². The second kappa shape index (κ2) is 11.5. The van der Waals surface area contributed by atoms with E-state index in [1.807, 2.05) is 65.4 Å².